The monoisotopic (exact) mass is 156 g/mol. The topological polar surface area (TPSA) is 35.5 Å². The molecule has 0 unspecified atom stereocenters. The summed E-state index contributed by atoms with van der Waals surface area (Å²) in [6.07, 6.45) is 2.52. The maximum Gasteiger partial charge on any atom is 0.338 e. The highest BCUT2D eigenvalue weighted by Gasteiger charge is 1.98. The summed E-state index contributed by atoms with van der Waals surface area (Å²) in [5, 5.41) is 0. The van der Waals surface area contributed by atoms with Crippen LogP contribution in [0.1, 0.15) is 13.8 Å². The lowest BCUT2D eigenvalue weighted by molar-refractivity contribution is -0.133. The van der Waals surface area contributed by atoms with Crippen LogP contribution in [0.25, 0.3) is 0 Å². The number of hydrogen-bond acceptors (Lipinski definition) is 3. The van der Waals surface area contributed by atoms with Crippen molar-refractivity contribution in [3.05, 3.63) is 24.7 Å². The van der Waals surface area contributed by atoms with Crippen LogP contribution in [0.4, 0.5) is 0 Å². The van der Waals surface area contributed by atoms with Gasteiger partial charge in [-0.25, -0.2) is 4.79 Å². The van der Waals surface area contributed by atoms with Gasteiger partial charge in [-0.2, -0.15) is 0 Å². The second-order valence-electron chi connectivity index (χ2n) is 1.91. The molecule has 0 aliphatic heterocycles. The van der Waals surface area contributed by atoms with Gasteiger partial charge in [0.1, 0.15) is 12.5 Å². The van der Waals surface area contributed by atoms with Gasteiger partial charge in [0.05, 0.1) is 6.61 Å². The molecule has 0 aliphatic carbocycles. The maximum absolute atomic E-state index is 10.7. The molecule has 11 heavy (non-hydrogen) atoms. The number of hydrogen-bond donors (Lipinski definition) is 0. The van der Waals surface area contributed by atoms with Gasteiger partial charge < -0.3 is 9.47 Å². The van der Waals surface area contributed by atoms with Gasteiger partial charge in [-0.3, -0.25) is 0 Å². The van der Waals surface area contributed by atoms with Crippen molar-refractivity contribution in [1.82, 2.24) is 0 Å². The van der Waals surface area contributed by atoms with Crippen molar-refractivity contribution in [1.29, 1.82) is 0 Å². The van der Waals surface area contributed by atoms with E-state index in [0.717, 1.165) is 0 Å². The first kappa shape index (κ1) is 9.75. The third-order valence-corrected chi connectivity index (χ3v) is 0.842. The van der Waals surface area contributed by atoms with E-state index in [9.17, 15) is 4.79 Å². The molecule has 0 saturated heterocycles. The summed E-state index contributed by atoms with van der Waals surface area (Å²) >= 11 is 0. The molecule has 62 valence electrons. The third kappa shape index (κ3) is 5.21. The molecular formula is C8H12O3. The van der Waals surface area contributed by atoms with Crippen molar-refractivity contribution in [2.45, 2.75) is 13.8 Å². The zero-order chi connectivity index (χ0) is 8.69. The number of rotatable bonds is 4. The van der Waals surface area contributed by atoms with Crippen molar-refractivity contribution in [3.8, 4) is 0 Å². The van der Waals surface area contributed by atoms with Crippen LogP contribution in [0.15, 0.2) is 24.7 Å². The van der Waals surface area contributed by atoms with E-state index < -0.39 is 5.97 Å². The summed E-state index contributed by atoms with van der Waals surface area (Å²) in [7, 11) is 0. The molecule has 0 spiro atoms. The quantitative estimate of drug-likeness (QED) is 0.352. The molecular weight excluding hydrogens is 144 g/mol. The summed E-state index contributed by atoms with van der Waals surface area (Å²) in [5.41, 5.74) is 0.367. The molecule has 0 aromatic rings. The third-order valence-electron chi connectivity index (χ3n) is 0.842. The van der Waals surface area contributed by atoms with Crippen LogP contribution < -0.4 is 0 Å². The van der Waals surface area contributed by atoms with Gasteiger partial charge in [0.15, 0.2) is 0 Å². The Morgan fingerprint density at radius 3 is 2.64 bits per heavy atom. The first-order chi connectivity index (χ1) is 5.18. The van der Waals surface area contributed by atoms with Crippen molar-refractivity contribution in [3.63, 3.8) is 0 Å². The van der Waals surface area contributed by atoms with E-state index in [-0.39, 0.29) is 0 Å². The molecule has 0 aromatic heterocycles. The number of ether oxygens (including phenoxy) is 2. The molecule has 3 nitrogen and oxygen atoms in total. The smallest absolute Gasteiger partial charge is 0.338 e. The molecule has 0 saturated carbocycles. The lowest BCUT2D eigenvalue weighted by atomic mass is 10.4. The van der Waals surface area contributed by atoms with E-state index in [2.05, 4.69) is 11.3 Å². The Morgan fingerprint density at radius 2 is 2.18 bits per heavy atom. The van der Waals surface area contributed by atoms with Crippen molar-refractivity contribution in [2.75, 3.05) is 6.61 Å². The molecule has 0 rings (SSSR count). The lowest BCUT2D eigenvalue weighted by Crippen LogP contribution is -1.99. The normalized spacial score (nSPS) is 9.64. The van der Waals surface area contributed by atoms with E-state index in [4.69, 9.17) is 4.74 Å². The Morgan fingerprint density at radius 1 is 1.55 bits per heavy atom. The fourth-order valence-electron chi connectivity index (χ4n) is 0.326. The van der Waals surface area contributed by atoms with E-state index in [0.29, 0.717) is 12.2 Å². The maximum atomic E-state index is 10.7. The summed E-state index contributed by atoms with van der Waals surface area (Å²) in [6.45, 7) is 7.38. The molecule has 0 bridgehead atoms. The summed E-state index contributed by atoms with van der Waals surface area (Å²) in [4.78, 5) is 10.7. The molecule has 0 aliphatic rings. The van der Waals surface area contributed by atoms with E-state index in [1.54, 1.807) is 6.92 Å². The van der Waals surface area contributed by atoms with Gasteiger partial charge in [-0.1, -0.05) is 6.58 Å². The Bertz CT molecular complexity index is 170. The standard InChI is InChI=1S/C8H12O3/c1-4-10-5-6-11-8(9)7(2)3/h5-6H,2,4H2,1,3H3/b6-5+. The average Bonchev–Trinajstić information content (AvgIpc) is 1.97. The molecule has 0 radical (unpaired) electrons. The minimum atomic E-state index is -0.444. The zero-order valence-corrected chi connectivity index (χ0v) is 6.79. The van der Waals surface area contributed by atoms with E-state index in [1.807, 2.05) is 6.92 Å². The van der Waals surface area contributed by atoms with Crippen molar-refractivity contribution >= 4 is 5.97 Å². The average molecular weight is 156 g/mol. The number of esters is 1. The first-order valence-corrected chi connectivity index (χ1v) is 3.31. The van der Waals surface area contributed by atoms with Gasteiger partial charge in [0.25, 0.3) is 0 Å². The highest BCUT2D eigenvalue weighted by atomic mass is 16.5. The van der Waals surface area contributed by atoms with Crippen molar-refractivity contribution < 1.29 is 14.3 Å². The SMILES string of the molecule is C=C(C)C(=O)O/C=C/OCC. The number of carbonyl (C=O) groups is 1. The molecule has 0 fully saturated rings. The minimum Gasteiger partial charge on any atom is -0.498 e. The van der Waals surface area contributed by atoms with E-state index >= 15 is 0 Å². The molecule has 3 heteroatoms. The predicted octanol–water partition coefficient (Wildman–Crippen LogP) is 1.61. The second kappa shape index (κ2) is 5.53. The van der Waals surface area contributed by atoms with Gasteiger partial charge in [-0.15, -0.1) is 0 Å². The van der Waals surface area contributed by atoms with Gasteiger partial charge in [0, 0.05) is 5.57 Å². The van der Waals surface area contributed by atoms with Crippen LogP contribution in [-0.4, -0.2) is 12.6 Å². The zero-order valence-electron chi connectivity index (χ0n) is 6.79. The predicted molar refractivity (Wildman–Crippen MR) is 41.7 cm³/mol. The molecule has 0 amide bonds. The summed E-state index contributed by atoms with van der Waals surface area (Å²) in [6, 6.07) is 0. The second-order valence-corrected chi connectivity index (χ2v) is 1.91. The molecule has 0 heterocycles. The molecule has 0 atom stereocenters. The van der Waals surface area contributed by atoms with Crippen LogP contribution in [0.2, 0.25) is 0 Å². The summed E-state index contributed by atoms with van der Waals surface area (Å²) < 4.78 is 9.34. The molecule has 0 N–H and O–H groups in total. The fourth-order valence-corrected chi connectivity index (χ4v) is 0.326. The lowest BCUT2D eigenvalue weighted by Gasteiger charge is -1.96. The van der Waals surface area contributed by atoms with Crippen molar-refractivity contribution in [2.24, 2.45) is 0 Å². The van der Waals surface area contributed by atoms with Gasteiger partial charge >= 0.3 is 5.97 Å². The van der Waals surface area contributed by atoms with Crippen LogP contribution in [-0.2, 0) is 14.3 Å². The van der Waals surface area contributed by atoms with E-state index in [1.165, 1.54) is 12.5 Å². The van der Waals surface area contributed by atoms with Gasteiger partial charge in [0.2, 0.25) is 0 Å². The highest BCUT2D eigenvalue weighted by Crippen LogP contribution is 1.92. The first-order valence-electron chi connectivity index (χ1n) is 3.31. The van der Waals surface area contributed by atoms with Crippen LogP contribution in [0.3, 0.4) is 0 Å². The van der Waals surface area contributed by atoms with Gasteiger partial charge in [-0.05, 0) is 13.8 Å². The Labute approximate surface area is 66.3 Å². The van der Waals surface area contributed by atoms with Crippen LogP contribution in [0, 0.1) is 0 Å². The fraction of sp³-hybridized carbons (Fsp3) is 0.375. The Hall–Kier alpha value is -1.25. The largest absolute Gasteiger partial charge is 0.498 e. The minimum absolute atomic E-state index is 0.367. The molecule has 0 aromatic carbocycles. The number of carbonyl (C=O) groups excluding carboxylic acids is 1. The summed E-state index contributed by atoms with van der Waals surface area (Å²) in [5.74, 6) is -0.444. The van der Waals surface area contributed by atoms with Crippen LogP contribution in [0.5, 0.6) is 0 Å². The highest BCUT2D eigenvalue weighted by molar-refractivity contribution is 5.87. The Kier molecular flexibility index (Phi) is 4.90. The van der Waals surface area contributed by atoms with Crippen LogP contribution >= 0.6 is 0 Å². The Balaban J connectivity index is 3.53.